The molecule has 1 aromatic rings. The van der Waals surface area contributed by atoms with Gasteiger partial charge in [-0.1, -0.05) is 20.8 Å². The number of H-pyrrole nitrogens is 1. The van der Waals surface area contributed by atoms with E-state index in [4.69, 9.17) is 5.73 Å². The van der Waals surface area contributed by atoms with Gasteiger partial charge in [-0.25, -0.2) is 0 Å². The second-order valence-electron chi connectivity index (χ2n) is 3.84. The third-order valence-electron chi connectivity index (χ3n) is 3.13. The molecule has 0 atom stereocenters. The highest BCUT2D eigenvalue weighted by molar-refractivity contribution is 5.91. The lowest BCUT2D eigenvalue weighted by molar-refractivity contribution is 0.0878. The average molecular weight is 225 g/mol. The number of rotatable bonds is 5. The minimum absolute atomic E-state index is 0.0836. The van der Waals surface area contributed by atoms with Crippen LogP contribution in [0.15, 0.2) is 0 Å². The summed E-state index contributed by atoms with van der Waals surface area (Å²) in [4.78, 5) is 15.6. The summed E-state index contributed by atoms with van der Waals surface area (Å²) in [5.74, 6) is -0.00720. The van der Waals surface area contributed by atoms with E-state index in [0.29, 0.717) is 0 Å². The van der Waals surface area contributed by atoms with Gasteiger partial charge in [0.05, 0.1) is 0 Å². The molecule has 0 saturated heterocycles. The standard InChI is InChI=1S/C10H19N5O/c1-4-10(5-2,6-3)13-8(16)7-12-9(11)15-14-7/h4-6H2,1-3H3,(H,13,16)(H3,11,12,14,15). The smallest absolute Gasteiger partial charge is 0.289 e. The van der Waals surface area contributed by atoms with Gasteiger partial charge < -0.3 is 11.1 Å². The predicted octanol–water partition coefficient (Wildman–Crippen LogP) is 1.09. The fourth-order valence-electron chi connectivity index (χ4n) is 1.69. The van der Waals surface area contributed by atoms with Crippen molar-refractivity contribution in [2.75, 3.05) is 5.73 Å². The first kappa shape index (κ1) is 12.5. The van der Waals surface area contributed by atoms with Crippen LogP contribution in [0.4, 0.5) is 5.95 Å². The first-order valence-corrected chi connectivity index (χ1v) is 5.57. The maximum atomic E-state index is 11.8. The minimum Gasteiger partial charge on any atom is -0.366 e. The van der Waals surface area contributed by atoms with Crippen molar-refractivity contribution >= 4 is 11.9 Å². The largest absolute Gasteiger partial charge is 0.366 e. The minimum atomic E-state index is -0.255. The van der Waals surface area contributed by atoms with Crippen LogP contribution in [-0.4, -0.2) is 26.6 Å². The molecule has 6 heteroatoms. The van der Waals surface area contributed by atoms with Crippen LogP contribution >= 0.6 is 0 Å². The van der Waals surface area contributed by atoms with Crippen molar-refractivity contribution in [3.05, 3.63) is 5.82 Å². The van der Waals surface area contributed by atoms with E-state index in [9.17, 15) is 4.79 Å². The third-order valence-corrected chi connectivity index (χ3v) is 3.13. The first-order valence-electron chi connectivity index (χ1n) is 5.57. The summed E-state index contributed by atoms with van der Waals surface area (Å²) < 4.78 is 0. The highest BCUT2D eigenvalue weighted by Gasteiger charge is 2.27. The molecule has 0 spiro atoms. The molecule has 0 radical (unpaired) electrons. The fraction of sp³-hybridized carbons (Fsp3) is 0.700. The molecule has 0 bridgehead atoms. The zero-order valence-electron chi connectivity index (χ0n) is 10.0. The molecule has 0 aliphatic rings. The molecule has 1 rings (SSSR count). The molecular formula is C10H19N5O. The molecule has 0 saturated carbocycles. The van der Waals surface area contributed by atoms with E-state index in [1.807, 2.05) is 0 Å². The maximum Gasteiger partial charge on any atom is 0.289 e. The average Bonchev–Trinajstić information content (AvgIpc) is 2.73. The highest BCUT2D eigenvalue weighted by atomic mass is 16.2. The van der Waals surface area contributed by atoms with Gasteiger partial charge in [0.1, 0.15) is 0 Å². The summed E-state index contributed by atoms with van der Waals surface area (Å²) >= 11 is 0. The van der Waals surface area contributed by atoms with Crippen molar-refractivity contribution in [2.45, 2.75) is 45.6 Å². The molecule has 0 unspecified atom stereocenters. The van der Waals surface area contributed by atoms with E-state index in [1.165, 1.54) is 0 Å². The Hall–Kier alpha value is -1.59. The summed E-state index contributed by atoms with van der Waals surface area (Å²) in [5.41, 5.74) is 5.18. The lowest BCUT2D eigenvalue weighted by Gasteiger charge is -2.31. The molecule has 4 N–H and O–H groups in total. The van der Waals surface area contributed by atoms with Gasteiger partial charge in [0, 0.05) is 5.54 Å². The molecule has 1 heterocycles. The number of hydrogen-bond acceptors (Lipinski definition) is 4. The predicted molar refractivity (Wildman–Crippen MR) is 61.9 cm³/mol. The fourth-order valence-corrected chi connectivity index (χ4v) is 1.69. The molecule has 1 aromatic heterocycles. The third kappa shape index (κ3) is 2.50. The number of amides is 1. The van der Waals surface area contributed by atoms with Crippen molar-refractivity contribution in [1.29, 1.82) is 0 Å². The Morgan fingerprint density at radius 1 is 1.38 bits per heavy atom. The number of aromatic amines is 1. The Bertz CT molecular complexity index is 348. The lowest BCUT2D eigenvalue weighted by atomic mass is 9.90. The Morgan fingerprint density at radius 2 is 1.94 bits per heavy atom. The normalized spacial score (nSPS) is 11.4. The number of nitrogens with two attached hydrogens (primary N) is 1. The van der Waals surface area contributed by atoms with E-state index >= 15 is 0 Å². The van der Waals surface area contributed by atoms with Crippen LogP contribution in [0.25, 0.3) is 0 Å². The molecule has 0 fully saturated rings. The quantitative estimate of drug-likeness (QED) is 0.698. The lowest BCUT2D eigenvalue weighted by Crippen LogP contribution is -2.47. The topological polar surface area (TPSA) is 96.7 Å². The van der Waals surface area contributed by atoms with Crippen LogP contribution in [0.2, 0.25) is 0 Å². The van der Waals surface area contributed by atoms with Crippen LogP contribution in [-0.2, 0) is 0 Å². The Balaban J connectivity index is 2.76. The molecular weight excluding hydrogens is 206 g/mol. The number of carbonyl (C=O) groups excluding carboxylic acids is 1. The first-order chi connectivity index (χ1) is 7.56. The van der Waals surface area contributed by atoms with Gasteiger partial charge in [0.2, 0.25) is 11.8 Å². The van der Waals surface area contributed by atoms with Crippen molar-refractivity contribution in [3.63, 3.8) is 0 Å². The number of nitrogens with zero attached hydrogens (tertiary/aromatic N) is 2. The molecule has 0 aromatic carbocycles. The van der Waals surface area contributed by atoms with E-state index in [0.717, 1.165) is 19.3 Å². The van der Waals surface area contributed by atoms with Crippen LogP contribution in [0.5, 0.6) is 0 Å². The van der Waals surface area contributed by atoms with Gasteiger partial charge in [-0.15, -0.1) is 5.10 Å². The Kier molecular flexibility index (Phi) is 3.87. The van der Waals surface area contributed by atoms with Gasteiger partial charge >= 0.3 is 0 Å². The molecule has 6 nitrogen and oxygen atoms in total. The van der Waals surface area contributed by atoms with Crippen LogP contribution < -0.4 is 11.1 Å². The van der Waals surface area contributed by atoms with Gasteiger partial charge in [0.15, 0.2) is 0 Å². The van der Waals surface area contributed by atoms with E-state index in [1.54, 1.807) is 0 Å². The molecule has 0 aliphatic heterocycles. The van der Waals surface area contributed by atoms with Gasteiger partial charge in [-0.05, 0) is 19.3 Å². The molecule has 1 amide bonds. The monoisotopic (exact) mass is 225 g/mol. The van der Waals surface area contributed by atoms with Crippen molar-refractivity contribution in [1.82, 2.24) is 20.5 Å². The van der Waals surface area contributed by atoms with Crippen molar-refractivity contribution in [2.24, 2.45) is 0 Å². The Labute approximate surface area is 95.0 Å². The second-order valence-corrected chi connectivity index (χ2v) is 3.84. The van der Waals surface area contributed by atoms with E-state index in [2.05, 4.69) is 41.3 Å². The summed E-state index contributed by atoms with van der Waals surface area (Å²) in [6, 6.07) is 0. The van der Waals surface area contributed by atoms with Crippen molar-refractivity contribution in [3.8, 4) is 0 Å². The summed E-state index contributed by atoms with van der Waals surface area (Å²) in [6.07, 6.45) is 2.65. The number of aromatic nitrogens is 3. The van der Waals surface area contributed by atoms with Crippen LogP contribution in [0, 0.1) is 0 Å². The summed E-state index contributed by atoms with van der Waals surface area (Å²) in [7, 11) is 0. The van der Waals surface area contributed by atoms with Gasteiger partial charge in [0.25, 0.3) is 5.91 Å². The molecule has 0 aliphatic carbocycles. The maximum absolute atomic E-state index is 11.8. The SMILES string of the molecule is CCC(CC)(CC)NC(=O)c1nc(N)n[nH]1. The van der Waals surface area contributed by atoms with Crippen LogP contribution in [0.3, 0.4) is 0 Å². The van der Waals surface area contributed by atoms with E-state index in [-0.39, 0.29) is 23.2 Å². The molecule has 16 heavy (non-hydrogen) atoms. The zero-order valence-corrected chi connectivity index (χ0v) is 10.0. The number of nitrogen functional groups attached to an aromatic ring is 1. The number of hydrogen-bond donors (Lipinski definition) is 3. The Morgan fingerprint density at radius 3 is 2.31 bits per heavy atom. The number of anilines is 1. The van der Waals surface area contributed by atoms with E-state index < -0.39 is 0 Å². The summed E-state index contributed by atoms with van der Waals surface area (Å²) in [6.45, 7) is 6.17. The number of carbonyl (C=O) groups is 1. The highest BCUT2D eigenvalue weighted by Crippen LogP contribution is 2.19. The summed E-state index contributed by atoms with van der Waals surface area (Å²) in [5, 5.41) is 9.11. The second kappa shape index (κ2) is 4.96. The zero-order chi connectivity index (χ0) is 12.2. The van der Waals surface area contributed by atoms with Gasteiger partial charge in [-0.3, -0.25) is 9.89 Å². The number of nitrogens with one attached hydrogen (secondary N) is 2. The van der Waals surface area contributed by atoms with Crippen LogP contribution in [0.1, 0.15) is 50.7 Å². The molecule has 90 valence electrons. The van der Waals surface area contributed by atoms with Crippen molar-refractivity contribution < 1.29 is 4.79 Å². The van der Waals surface area contributed by atoms with Gasteiger partial charge in [-0.2, -0.15) is 4.98 Å².